The van der Waals surface area contributed by atoms with Crippen molar-refractivity contribution in [3.63, 3.8) is 0 Å². The molecule has 0 saturated carbocycles. The third kappa shape index (κ3) is 4.80. The molecule has 0 aliphatic carbocycles. The van der Waals surface area contributed by atoms with Gasteiger partial charge in [0.15, 0.2) is 5.76 Å². The van der Waals surface area contributed by atoms with E-state index in [0.717, 1.165) is 0 Å². The number of urea groups is 1. The summed E-state index contributed by atoms with van der Waals surface area (Å²) in [7, 11) is 1.63. The topological polar surface area (TPSA) is 95.3 Å². The Morgan fingerprint density at radius 3 is 2.53 bits per heavy atom. The summed E-state index contributed by atoms with van der Waals surface area (Å²) in [6.07, 6.45) is 1.48. The van der Waals surface area contributed by atoms with Crippen molar-refractivity contribution in [3.8, 4) is 0 Å². The molecule has 10 heteroatoms. The first kappa shape index (κ1) is 23.8. The summed E-state index contributed by atoms with van der Waals surface area (Å²) in [5.74, 6) is -0.336. The first-order valence-electron chi connectivity index (χ1n) is 11.1. The Balaban J connectivity index is 1.59. The van der Waals surface area contributed by atoms with Crippen molar-refractivity contribution in [2.45, 2.75) is 13.0 Å². The van der Waals surface area contributed by atoms with Crippen molar-refractivity contribution in [2.24, 2.45) is 0 Å². The van der Waals surface area contributed by atoms with Gasteiger partial charge in [0, 0.05) is 50.5 Å². The molecule has 2 aromatic rings. The van der Waals surface area contributed by atoms with Crippen molar-refractivity contribution >= 4 is 29.5 Å². The fourth-order valence-corrected chi connectivity index (χ4v) is 4.46. The normalized spacial score (nSPS) is 19.3. The van der Waals surface area contributed by atoms with Gasteiger partial charge in [-0.15, -0.1) is 0 Å². The largest absolute Gasteiger partial charge is 0.463 e. The van der Waals surface area contributed by atoms with Crippen LogP contribution < -0.4 is 5.32 Å². The summed E-state index contributed by atoms with van der Waals surface area (Å²) in [4.78, 5) is 43.8. The number of nitrogens with one attached hydrogen (secondary N) is 1. The number of esters is 1. The highest BCUT2D eigenvalue weighted by molar-refractivity contribution is 6.31. The van der Waals surface area contributed by atoms with Gasteiger partial charge in [0.2, 0.25) is 0 Å². The number of rotatable bonds is 6. The third-order valence-corrected chi connectivity index (χ3v) is 6.40. The molecule has 3 amide bonds. The molecule has 2 aliphatic heterocycles. The fraction of sp³-hybridized carbons (Fsp3) is 0.375. The van der Waals surface area contributed by atoms with E-state index in [1.807, 2.05) is 6.07 Å². The maximum atomic E-state index is 13.1. The molecule has 0 radical (unpaired) electrons. The number of amides is 3. The summed E-state index contributed by atoms with van der Waals surface area (Å²) in [5.41, 5.74) is 1.53. The van der Waals surface area contributed by atoms with E-state index in [2.05, 4.69) is 10.2 Å². The van der Waals surface area contributed by atoms with Crippen LogP contribution in [0.4, 0.5) is 4.79 Å². The van der Waals surface area contributed by atoms with Crippen molar-refractivity contribution in [2.75, 3.05) is 46.4 Å². The number of carbonyl (C=O) groups is 3. The highest BCUT2D eigenvalue weighted by Gasteiger charge is 2.38. The zero-order chi connectivity index (χ0) is 24.2. The Kier molecular flexibility index (Phi) is 7.23. The predicted octanol–water partition coefficient (Wildman–Crippen LogP) is 2.90. The lowest BCUT2D eigenvalue weighted by atomic mass is 9.94. The van der Waals surface area contributed by atoms with Crippen molar-refractivity contribution < 1.29 is 23.5 Å². The van der Waals surface area contributed by atoms with Gasteiger partial charge in [-0.1, -0.05) is 29.8 Å². The van der Waals surface area contributed by atoms with Crippen LogP contribution in [-0.2, 0) is 9.53 Å². The van der Waals surface area contributed by atoms with E-state index < -0.39 is 12.0 Å². The van der Waals surface area contributed by atoms with Crippen molar-refractivity contribution in [1.82, 2.24) is 20.0 Å². The number of benzene rings is 1. The summed E-state index contributed by atoms with van der Waals surface area (Å²) < 4.78 is 10.6. The van der Waals surface area contributed by atoms with Crippen LogP contribution in [0.3, 0.4) is 0 Å². The van der Waals surface area contributed by atoms with Crippen LogP contribution in [0.15, 0.2) is 58.3 Å². The number of carbonyl (C=O) groups excluding carboxylic acids is 3. The van der Waals surface area contributed by atoms with E-state index in [0.29, 0.717) is 60.3 Å². The van der Waals surface area contributed by atoms with Gasteiger partial charge in [-0.25, -0.2) is 9.59 Å². The van der Waals surface area contributed by atoms with Gasteiger partial charge in [0.05, 0.1) is 24.5 Å². The number of nitrogens with zero attached hydrogens (tertiary/aromatic N) is 3. The Labute approximate surface area is 202 Å². The summed E-state index contributed by atoms with van der Waals surface area (Å²) in [6.45, 7) is 4.47. The second-order valence-corrected chi connectivity index (χ2v) is 8.50. The van der Waals surface area contributed by atoms with Crippen LogP contribution in [-0.4, -0.2) is 79.0 Å². The van der Waals surface area contributed by atoms with E-state index in [1.54, 1.807) is 49.2 Å². The Hall–Kier alpha value is -3.30. The summed E-state index contributed by atoms with van der Waals surface area (Å²) in [5, 5.41) is 3.33. The Morgan fingerprint density at radius 2 is 1.88 bits per heavy atom. The standard InChI is InChI=1S/C24H27ClN4O5/c1-3-33-23(31)20-18(27(2)24(32)26-21(20)16-7-4-5-8-17(16)25)15-28-10-12-29(13-11-28)22(30)19-9-6-14-34-19/h4-9,14,21H,3,10-13,15H2,1-2H3,(H,26,32)/t21-/m1/s1. The summed E-state index contributed by atoms with van der Waals surface area (Å²) in [6, 6.07) is 9.38. The lowest BCUT2D eigenvalue weighted by Gasteiger charge is -2.39. The number of hydrogen-bond donors (Lipinski definition) is 1. The molecule has 0 bridgehead atoms. The quantitative estimate of drug-likeness (QED) is 0.631. The van der Waals surface area contributed by atoms with E-state index >= 15 is 0 Å². The molecule has 0 unspecified atom stereocenters. The predicted molar refractivity (Wildman–Crippen MR) is 125 cm³/mol. The Bertz CT molecular complexity index is 1090. The minimum Gasteiger partial charge on any atom is -0.463 e. The molecule has 9 nitrogen and oxygen atoms in total. The highest BCUT2D eigenvalue weighted by Crippen LogP contribution is 2.34. The van der Waals surface area contributed by atoms with Gasteiger partial charge in [-0.2, -0.15) is 0 Å². The van der Waals surface area contributed by atoms with Gasteiger partial charge in [0.25, 0.3) is 5.91 Å². The molecule has 1 N–H and O–H groups in total. The second kappa shape index (κ2) is 10.3. The van der Waals surface area contributed by atoms with E-state index in [1.165, 1.54) is 11.2 Å². The van der Waals surface area contributed by atoms with Gasteiger partial charge in [-0.05, 0) is 30.7 Å². The maximum Gasteiger partial charge on any atom is 0.338 e. The lowest BCUT2D eigenvalue weighted by Crippen LogP contribution is -2.53. The van der Waals surface area contributed by atoms with E-state index in [4.69, 9.17) is 20.8 Å². The molecular weight excluding hydrogens is 460 g/mol. The number of hydrogen-bond acceptors (Lipinski definition) is 6. The number of likely N-dealkylation sites (N-methyl/N-ethyl adjacent to an activating group) is 1. The van der Waals surface area contributed by atoms with Crippen LogP contribution in [0, 0.1) is 0 Å². The van der Waals surface area contributed by atoms with Gasteiger partial charge in [0.1, 0.15) is 0 Å². The Morgan fingerprint density at radius 1 is 1.15 bits per heavy atom. The van der Waals surface area contributed by atoms with E-state index in [9.17, 15) is 14.4 Å². The number of ether oxygens (including phenoxy) is 1. The zero-order valence-electron chi connectivity index (χ0n) is 19.1. The molecule has 1 fully saturated rings. The third-order valence-electron chi connectivity index (χ3n) is 6.05. The van der Waals surface area contributed by atoms with Crippen molar-refractivity contribution in [3.05, 3.63) is 70.3 Å². The molecular formula is C24H27ClN4O5. The number of furan rings is 1. The van der Waals surface area contributed by atoms with Gasteiger partial charge in [-0.3, -0.25) is 14.6 Å². The van der Waals surface area contributed by atoms with Gasteiger partial charge >= 0.3 is 12.0 Å². The molecule has 1 aromatic carbocycles. The van der Waals surface area contributed by atoms with Crippen molar-refractivity contribution in [1.29, 1.82) is 0 Å². The summed E-state index contributed by atoms with van der Waals surface area (Å²) >= 11 is 6.42. The highest BCUT2D eigenvalue weighted by atomic mass is 35.5. The molecule has 180 valence electrons. The minimum atomic E-state index is -0.728. The smallest absolute Gasteiger partial charge is 0.338 e. The zero-order valence-corrected chi connectivity index (χ0v) is 19.9. The first-order chi connectivity index (χ1) is 16.4. The molecule has 3 heterocycles. The molecule has 2 aliphatic rings. The second-order valence-electron chi connectivity index (χ2n) is 8.09. The fourth-order valence-electron chi connectivity index (χ4n) is 4.22. The average Bonchev–Trinajstić information content (AvgIpc) is 3.37. The molecule has 1 saturated heterocycles. The molecule has 4 rings (SSSR count). The monoisotopic (exact) mass is 486 g/mol. The molecule has 1 aromatic heterocycles. The SMILES string of the molecule is CCOC(=O)C1=C(CN2CCN(C(=O)c3ccco3)CC2)N(C)C(=O)N[C@@H]1c1ccccc1Cl. The van der Waals surface area contributed by atoms with Crippen LogP contribution in [0.2, 0.25) is 5.02 Å². The first-order valence-corrected chi connectivity index (χ1v) is 11.5. The number of piperazine rings is 1. The average molecular weight is 487 g/mol. The number of halogens is 1. The van der Waals surface area contributed by atoms with Gasteiger partial charge < -0.3 is 19.4 Å². The van der Waals surface area contributed by atoms with Crippen LogP contribution >= 0.6 is 11.6 Å². The van der Waals surface area contributed by atoms with Crippen LogP contribution in [0.5, 0.6) is 0 Å². The molecule has 34 heavy (non-hydrogen) atoms. The van der Waals surface area contributed by atoms with E-state index in [-0.39, 0.29) is 18.5 Å². The maximum absolute atomic E-state index is 13.1. The molecule has 0 spiro atoms. The minimum absolute atomic E-state index is 0.149. The lowest BCUT2D eigenvalue weighted by molar-refractivity contribution is -0.139. The van der Waals surface area contributed by atoms with Crippen LogP contribution in [0.25, 0.3) is 0 Å². The molecule has 1 atom stereocenters. The van der Waals surface area contributed by atoms with Crippen LogP contribution in [0.1, 0.15) is 29.1 Å².